The lowest BCUT2D eigenvalue weighted by molar-refractivity contribution is -0.387. The standard InChI is InChI=1S/C17H12F3N5O3S/c1-29-15-5-2-10(6-14(15)25(27)28)16(26)23-12-7-11(17(18,19)20)3-4-13(12)24-9-21-8-22-24/h2-9H,1H3,(H,23,26). The molecule has 1 heterocycles. The van der Waals surface area contributed by atoms with E-state index >= 15 is 0 Å². The van der Waals surface area contributed by atoms with E-state index in [1.54, 1.807) is 6.26 Å². The molecule has 3 aromatic rings. The number of nitrogens with one attached hydrogen (secondary N) is 1. The molecule has 0 bridgehead atoms. The third-order valence-electron chi connectivity index (χ3n) is 3.88. The number of hydrogen-bond acceptors (Lipinski definition) is 6. The number of thioether (sulfide) groups is 1. The Morgan fingerprint density at radius 3 is 2.59 bits per heavy atom. The van der Waals surface area contributed by atoms with Gasteiger partial charge in [0, 0.05) is 11.6 Å². The molecule has 0 saturated carbocycles. The second-order valence-electron chi connectivity index (χ2n) is 5.67. The van der Waals surface area contributed by atoms with Crippen molar-refractivity contribution in [2.24, 2.45) is 0 Å². The number of aromatic nitrogens is 3. The Bertz CT molecular complexity index is 1070. The smallest absolute Gasteiger partial charge is 0.320 e. The summed E-state index contributed by atoms with van der Waals surface area (Å²) in [7, 11) is 0. The van der Waals surface area contributed by atoms with Gasteiger partial charge in [-0.1, -0.05) is 0 Å². The summed E-state index contributed by atoms with van der Waals surface area (Å²) >= 11 is 1.14. The minimum absolute atomic E-state index is 0.0727. The lowest BCUT2D eigenvalue weighted by Crippen LogP contribution is -2.16. The van der Waals surface area contributed by atoms with Crippen LogP contribution < -0.4 is 5.32 Å². The molecule has 0 aliphatic carbocycles. The van der Waals surface area contributed by atoms with Crippen LogP contribution in [0.15, 0.2) is 53.9 Å². The number of anilines is 1. The highest BCUT2D eigenvalue weighted by Crippen LogP contribution is 2.34. The van der Waals surface area contributed by atoms with E-state index in [-0.39, 0.29) is 22.6 Å². The van der Waals surface area contributed by atoms with E-state index in [9.17, 15) is 28.1 Å². The van der Waals surface area contributed by atoms with Gasteiger partial charge >= 0.3 is 6.18 Å². The molecule has 0 aliphatic heterocycles. The molecule has 0 fully saturated rings. The summed E-state index contributed by atoms with van der Waals surface area (Å²) in [5.41, 5.74) is -1.34. The number of nitro benzene ring substituents is 1. The molecule has 29 heavy (non-hydrogen) atoms. The van der Waals surface area contributed by atoms with Crippen molar-refractivity contribution in [1.82, 2.24) is 14.8 Å². The van der Waals surface area contributed by atoms with Crippen LogP contribution in [0.5, 0.6) is 0 Å². The molecule has 0 unspecified atom stereocenters. The van der Waals surface area contributed by atoms with E-state index in [4.69, 9.17) is 0 Å². The normalized spacial score (nSPS) is 11.3. The second-order valence-corrected chi connectivity index (χ2v) is 6.52. The summed E-state index contributed by atoms with van der Waals surface area (Å²) in [6, 6.07) is 6.60. The van der Waals surface area contributed by atoms with Crippen LogP contribution in [0.25, 0.3) is 5.69 Å². The molecule has 1 amide bonds. The van der Waals surface area contributed by atoms with E-state index in [0.717, 1.165) is 36.0 Å². The van der Waals surface area contributed by atoms with Crippen molar-refractivity contribution < 1.29 is 22.9 Å². The van der Waals surface area contributed by atoms with Gasteiger partial charge in [-0.15, -0.1) is 11.8 Å². The minimum Gasteiger partial charge on any atom is -0.320 e. The van der Waals surface area contributed by atoms with Crippen molar-refractivity contribution in [2.75, 3.05) is 11.6 Å². The number of halogens is 3. The third-order valence-corrected chi connectivity index (χ3v) is 4.66. The lowest BCUT2D eigenvalue weighted by Gasteiger charge is -2.14. The third kappa shape index (κ3) is 4.37. The average molecular weight is 423 g/mol. The van der Waals surface area contributed by atoms with E-state index in [1.807, 2.05) is 0 Å². The zero-order valence-corrected chi connectivity index (χ0v) is 15.5. The van der Waals surface area contributed by atoms with Gasteiger partial charge in [-0.3, -0.25) is 14.9 Å². The van der Waals surface area contributed by atoms with Gasteiger partial charge in [0.2, 0.25) is 0 Å². The maximum atomic E-state index is 13.1. The van der Waals surface area contributed by atoms with Crippen LogP contribution in [0.2, 0.25) is 0 Å². The van der Waals surface area contributed by atoms with Crippen molar-refractivity contribution in [3.63, 3.8) is 0 Å². The number of amides is 1. The highest BCUT2D eigenvalue weighted by molar-refractivity contribution is 7.98. The number of benzene rings is 2. The summed E-state index contributed by atoms with van der Waals surface area (Å²) in [6.07, 6.45) is -0.529. The summed E-state index contributed by atoms with van der Waals surface area (Å²) in [4.78, 5) is 27.3. The summed E-state index contributed by atoms with van der Waals surface area (Å²) in [5, 5.41) is 17.4. The number of carbonyl (C=O) groups is 1. The van der Waals surface area contributed by atoms with Crippen LogP contribution in [0, 0.1) is 10.1 Å². The van der Waals surface area contributed by atoms with Crippen LogP contribution in [0.4, 0.5) is 24.5 Å². The Morgan fingerprint density at radius 2 is 2.00 bits per heavy atom. The maximum Gasteiger partial charge on any atom is 0.416 e. The van der Waals surface area contributed by atoms with Crippen molar-refractivity contribution in [3.8, 4) is 5.69 Å². The van der Waals surface area contributed by atoms with Crippen LogP contribution >= 0.6 is 11.8 Å². The molecule has 150 valence electrons. The average Bonchev–Trinajstić information content (AvgIpc) is 3.21. The predicted octanol–water partition coefficient (Wildman–Crippen LogP) is 4.17. The number of nitro groups is 1. The summed E-state index contributed by atoms with van der Waals surface area (Å²) in [6.45, 7) is 0. The van der Waals surface area contributed by atoms with Gasteiger partial charge in [-0.2, -0.15) is 18.3 Å². The van der Waals surface area contributed by atoms with E-state index in [1.165, 1.54) is 29.5 Å². The largest absolute Gasteiger partial charge is 0.416 e. The van der Waals surface area contributed by atoms with Gasteiger partial charge in [0.05, 0.1) is 26.8 Å². The minimum atomic E-state index is -4.63. The maximum absolute atomic E-state index is 13.1. The molecule has 2 aromatic carbocycles. The first-order valence-electron chi connectivity index (χ1n) is 7.90. The molecule has 0 aliphatic rings. The van der Waals surface area contributed by atoms with E-state index in [0.29, 0.717) is 4.90 Å². The molecule has 1 aromatic heterocycles. The van der Waals surface area contributed by atoms with Gasteiger partial charge in [-0.05, 0) is 36.6 Å². The van der Waals surface area contributed by atoms with Crippen LogP contribution in [0.3, 0.4) is 0 Å². The molecule has 12 heteroatoms. The highest BCUT2D eigenvalue weighted by atomic mass is 32.2. The van der Waals surface area contributed by atoms with Crippen molar-refractivity contribution in [3.05, 3.63) is 70.3 Å². The Kier molecular flexibility index (Phi) is 5.55. The molecule has 3 rings (SSSR count). The SMILES string of the molecule is CSc1ccc(C(=O)Nc2cc(C(F)(F)F)ccc2-n2cncn2)cc1[N+](=O)[O-]. The van der Waals surface area contributed by atoms with Gasteiger partial charge in [-0.25, -0.2) is 9.67 Å². The molecule has 8 nitrogen and oxygen atoms in total. The Labute approximate surface area is 165 Å². The fourth-order valence-corrected chi connectivity index (χ4v) is 3.06. The Hall–Kier alpha value is -3.41. The quantitative estimate of drug-likeness (QED) is 0.375. The lowest BCUT2D eigenvalue weighted by atomic mass is 10.1. The van der Waals surface area contributed by atoms with Crippen molar-refractivity contribution in [2.45, 2.75) is 11.1 Å². The predicted molar refractivity (Wildman–Crippen MR) is 99.2 cm³/mol. The number of nitrogens with zero attached hydrogens (tertiary/aromatic N) is 4. The fourth-order valence-electron chi connectivity index (χ4n) is 2.51. The first kappa shape index (κ1) is 20.3. The molecule has 1 N–H and O–H groups in total. The molecular formula is C17H12F3N5O3S. The summed E-state index contributed by atoms with van der Waals surface area (Å²) in [5.74, 6) is -0.804. The molecule has 0 spiro atoms. The number of rotatable bonds is 5. The highest BCUT2D eigenvalue weighted by Gasteiger charge is 2.31. The first-order valence-corrected chi connectivity index (χ1v) is 9.13. The van der Waals surface area contributed by atoms with E-state index in [2.05, 4.69) is 15.4 Å². The van der Waals surface area contributed by atoms with Crippen molar-refractivity contribution >= 4 is 29.0 Å². The topological polar surface area (TPSA) is 103 Å². The van der Waals surface area contributed by atoms with Gasteiger partial charge in [0.25, 0.3) is 11.6 Å². The van der Waals surface area contributed by atoms with Crippen LogP contribution in [-0.4, -0.2) is 31.9 Å². The van der Waals surface area contributed by atoms with Crippen LogP contribution in [-0.2, 0) is 6.18 Å². The second kappa shape index (κ2) is 7.91. The van der Waals surface area contributed by atoms with Gasteiger partial charge in [0.1, 0.15) is 12.7 Å². The van der Waals surface area contributed by atoms with E-state index < -0.39 is 22.6 Å². The van der Waals surface area contributed by atoms with Crippen LogP contribution in [0.1, 0.15) is 15.9 Å². The zero-order valence-electron chi connectivity index (χ0n) is 14.7. The first-order chi connectivity index (χ1) is 13.7. The van der Waals surface area contributed by atoms with Gasteiger partial charge < -0.3 is 5.32 Å². The Morgan fingerprint density at radius 1 is 1.24 bits per heavy atom. The molecule has 0 radical (unpaired) electrons. The number of carbonyl (C=O) groups excluding carboxylic acids is 1. The van der Waals surface area contributed by atoms with Gasteiger partial charge in [0.15, 0.2) is 0 Å². The Balaban J connectivity index is 2.01. The molecule has 0 atom stereocenters. The van der Waals surface area contributed by atoms with Crippen molar-refractivity contribution in [1.29, 1.82) is 0 Å². The summed E-state index contributed by atoms with van der Waals surface area (Å²) < 4.78 is 40.5. The fraction of sp³-hybridized carbons (Fsp3) is 0.118. The molecule has 0 saturated heterocycles. The zero-order chi connectivity index (χ0) is 21.2. The molecular weight excluding hydrogens is 411 g/mol. The number of alkyl halides is 3. The monoisotopic (exact) mass is 423 g/mol. The number of hydrogen-bond donors (Lipinski definition) is 1.